The summed E-state index contributed by atoms with van der Waals surface area (Å²) in [6.45, 7) is 2.66. The average molecular weight is 274 g/mol. The summed E-state index contributed by atoms with van der Waals surface area (Å²) in [5.41, 5.74) is 3.14. The monoisotopic (exact) mass is 274 g/mol. The Morgan fingerprint density at radius 2 is 2.32 bits per heavy atom. The van der Waals surface area contributed by atoms with Crippen molar-refractivity contribution in [3.05, 3.63) is 53.4 Å². The molecule has 0 bridgehead atoms. The molecule has 1 heterocycles. The Morgan fingerprint density at radius 1 is 1.47 bits per heavy atom. The van der Waals surface area contributed by atoms with Gasteiger partial charge in [0, 0.05) is 23.2 Å². The number of benzene rings is 1. The number of allylic oxidation sites excluding steroid dienone is 1. The Morgan fingerprint density at radius 3 is 2.95 bits per heavy atom. The number of carbonyl (C=O) groups is 1. The van der Waals surface area contributed by atoms with Crippen LogP contribution in [-0.2, 0) is 11.3 Å². The molecule has 0 spiro atoms. The first-order chi connectivity index (χ1) is 9.20. The predicted octanol–water partition coefficient (Wildman–Crippen LogP) is 2.72. The van der Waals surface area contributed by atoms with Gasteiger partial charge in [-0.2, -0.15) is 0 Å². The molecule has 3 nitrogen and oxygen atoms in total. The van der Waals surface area contributed by atoms with Crippen molar-refractivity contribution in [1.29, 1.82) is 0 Å². The standard InChI is InChI=1S/C15H18N2OS/c1-11-8-12(5-6-14(11)19-2)9-17-15(18)13-4-3-7-16-10-13/h3,5-8,10,16H,4,9H2,1-2H3,(H,17,18). The zero-order chi connectivity index (χ0) is 13.7. The van der Waals surface area contributed by atoms with Crippen LogP contribution in [0.1, 0.15) is 17.5 Å². The number of aryl methyl sites for hydroxylation is 1. The number of thioether (sulfide) groups is 1. The topological polar surface area (TPSA) is 41.1 Å². The van der Waals surface area contributed by atoms with Crippen LogP contribution < -0.4 is 10.6 Å². The Hall–Kier alpha value is -1.68. The van der Waals surface area contributed by atoms with Gasteiger partial charge in [0.1, 0.15) is 0 Å². The highest BCUT2D eigenvalue weighted by Crippen LogP contribution is 2.20. The molecule has 0 radical (unpaired) electrons. The lowest BCUT2D eigenvalue weighted by atomic mass is 10.1. The summed E-state index contributed by atoms with van der Waals surface area (Å²) in [5, 5.41) is 5.88. The average Bonchev–Trinajstić information content (AvgIpc) is 2.46. The lowest BCUT2D eigenvalue weighted by Gasteiger charge is -2.11. The number of nitrogens with one attached hydrogen (secondary N) is 2. The molecular weight excluding hydrogens is 256 g/mol. The maximum absolute atomic E-state index is 11.9. The molecule has 0 unspecified atom stereocenters. The fourth-order valence-electron chi connectivity index (χ4n) is 1.97. The predicted molar refractivity (Wildman–Crippen MR) is 79.8 cm³/mol. The Labute approximate surface area is 118 Å². The van der Waals surface area contributed by atoms with Crippen LogP contribution in [0.3, 0.4) is 0 Å². The van der Waals surface area contributed by atoms with Crippen LogP contribution in [0.4, 0.5) is 0 Å². The first-order valence-electron chi connectivity index (χ1n) is 6.22. The highest BCUT2D eigenvalue weighted by atomic mass is 32.2. The summed E-state index contributed by atoms with van der Waals surface area (Å²) in [6.07, 6.45) is 8.27. The van der Waals surface area contributed by atoms with Crippen molar-refractivity contribution in [2.75, 3.05) is 6.26 Å². The van der Waals surface area contributed by atoms with E-state index < -0.39 is 0 Å². The minimum absolute atomic E-state index is 0.0107. The molecule has 1 aromatic carbocycles. The van der Waals surface area contributed by atoms with Gasteiger partial charge in [0.2, 0.25) is 5.91 Å². The van der Waals surface area contributed by atoms with Crippen molar-refractivity contribution in [2.45, 2.75) is 24.8 Å². The summed E-state index contributed by atoms with van der Waals surface area (Å²) in [6, 6.07) is 6.29. The van der Waals surface area contributed by atoms with Crippen molar-refractivity contribution in [2.24, 2.45) is 0 Å². The molecule has 0 fully saturated rings. The van der Waals surface area contributed by atoms with Gasteiger partial charge in [-0.15, -0.1) is 11.8 Å². The number of hydrogen-bond donors (Lipinski definition) is 2. The highest BCUT2D eigenvalue weighted by Gasteiger charge is 2.09. The van der Waals surface area contributed by atoms with Crippen LogP contribution >= 0.6 is 11.8 Å². The molecule has 1 aromatic rings. The van der Waals surface area contributed by atoms with E-state index in [1.54, 1.807) is 18.0 Å². The van der Waals surface area contributed by atoms with E-state index in [9.17, 15) is 4.79 Å². The van der Waals surface area contributed by atoms with E-state index in [-0.39, 0.29) is 5.91 Å². The summed E-state index contributed by atoms with van der Waals surface area (Å²) >= 11 is 1.74. The summed E-state index contributed by atoms with van der Waals surface area (Å²) in [5.74, 6) is -0.0107. The molecule has 0 atom stereocenters. The van der Waals surface area contributed by atoms with Crippen molar-refractivity contribution < 1.29 is 4.79 Å². The quantitative estimate of drug-likeness (QED) is 0.830. The maximum atomic E-state index is 11.9. The van der Waals surface area contributed by atoms with Gasteiger partial charge in [0.05, 0.1) is 0 Å². The molecule has 1 amide bonds. The van der Waals surface area contributed by atoms with Gasteiger partial charge >= 0.3 is 0 Å². The second kappa shape index (κ2) is 6.48. The van der Waals surface area contributed by atoms with Crippen molar-refractivity contribution >= 4 is 17.7 Å². The lowest BCUT2D eigenvalue weighted by molar-refractivity contribution is -0.117. The summed E-state index contributed by atoms with van der Waals surface area (Å²) in [7, 11) is 0. The van der Waals surface area contributed by atoms with E-state index in [0.29, 0.717) is 13.0 Å². The third kappa shape index (κ3) is 3.64. The van der Waals surface area contributed by atoms with E-state index in [2.05, 4.69) is 42.0 Å². The molecule has 4 heteroatoms. The zero-order valence-electron chi connectivity index (χ0n) is 11.2. The third-order valence-corrected chi connectivity index (χ3v) is 3.91. The third-order valence-electron chi connectivity index (χ3n) is 3.01. The van der Waals surface area contributed by atoms with Crippen molar-refractivity contribution in [3.8, 4) is 0 Å². The van der Waals surface area contributed by atoms with Crippen LogP contribution in [0.5, 0.6) is 0 Å². The Bertz CT molecular complexity index is 535. The molecule has 1 aliphatic heterocycles. The van der Waals surface area contributed by atoms with E-state index in [4.69, 9.17) is 0 Å². The fraction of sp³-hybridized carbons (Fsp3) is 0.267. The summed E-state index contributed by atoms with van der Waals surface area (Å²) in [4.78, 5) is 13.2. The minimum Gasteiger partial charge on any atom is -0.367 e. The van der Waals surface area contributed by atoms with Crippen molar-refractivity contribution in [1.82, 2.24) is 10.6 Å². The maximum Gasteiger partial charge on any atom is 0.249 e. The normalized spacial score (nSPS) is 13.7. The molecule has 0 aliphatic carbocycles. The molecule has 1 aliphatic rings. The number of hydrogen-bond acceptors (Lipinski definition) is 3. The first kappa shape index (κ1) is 13.7. The Balaban J connectivity index is 1.93. The zero-order valence-corrected chi connectivity index (χ0v) is 12.0. The molecule has 2 rings (SSSR count). The molecule has 19 heavy (non-hydrogen) atoms. The SMILES string of the molecule is CSc1ccc(CNC(=O)C2=CNC=CC2)cc1C. The van der Waals surface area contributed by atoms with Gasteiger partial charge in [-0.1, -0.05) is 18.2 Å². The molecule has 0 saturated heterocycles. The van der Waals surface area contributed by atoms with E-state index in [1.165, 1.54) is 10.5 Å². The largest absolute Gasteiger partial charge is 0.367 e. The van der Waals surface area contributed by atoms with E-state index in [1.807, 2.05) is 12.3 Å². The second-order valence-electron chi connectivity index (χ2n) is 4.43. The molecule has 100 valence electrons. The lowest BCUT2D eigenvalue weighted by Crippen LogP contribution is -2.26. The smallest absolute Gasteiger partial charge is 0.249 e. The van der Waals surface area contributed by atoms with Crippen LogP contribution in [0, 0.1) is 6.92 Å². The van der Waals surface area contributed by atoms with Gasteiger partial charge in [-0.3, -0.25) is 4.79 Å². The van der Waals surface area contributed by atoms with Crippen molar-refractivity contribution in [3.63, 3.8) is 0 Å². The van der Waals surface area contributed by atoms with E-state index >= 15 is 0 Å². The number of dihydropyridines is 1. The second-order valence-corrected chi connectivity index (χ2v) is 5.28. The molecule has 2 N–H and O–H groups in total. The Kier molecular flexibility index (Phi) is 4.68. The summed E-state index contributed by atoms with van der Waals surface area (Å²) < 4.78 is 0. The number of rotatable bonds is 4. The van der Waals surface area contributed by atoms with Gasteiger partial charge in [0.15, 0.2) is 0 Å². The number of carbonyl (C=O) groups excluding carboxylic acids is 1. The number of amides is 1. The van der Waals surface area contributed by atoms with Crippen LogP contribution in [0.15, 0.2) is 47.1 Å². The van der Waals surface area contributed by atoms with Crippen LogP contribution in [0.2, 0.25) is 0 Å². The van der Waals surface area contributed by atoms with Gasteiger partial charge in [0.25, 0.3) is 0 Å². The molecular formula is C15H18N2OS. The van der Waals surface area contributed by atoms with Crippen LogP contribution in [-0.4, -0.2) is 12.2 Å². The van der Waals surface area contributed by atoms with Crippen LogP contribution in [0.25, 0.3) is 0 Å². The fourth-order valence-corrected chi connectivity index (χ4v) is 2.55. The first-order valence-corrected chi connectivity index (χ1v) is 7.45. The van der Waals surface area contributed by atoms with E-state index in [0.717, 1.165) is 11.1 Å². The molecule has 0 aromatic heterocycles. The molecule has 0 saturated carbocycles. The van der Waals surface area contributed by atoms with Gasteiger partial charge < -0.3 is 10.6 Å². The minimum atomic E-state index is -0.0107. The van der Waals surface area contributed by atoms with Gasteiger partial charge in [-0.25, -0.2) is 0 Å². The highest BCUT2D eigenvalue weighted by molar-refractivity contribution is 7.98. The van der Waals surface area contributed by atoms with Gasteiger partial charge in [-0.05, 0) is 43.0 Å².